The Kier molecular flexibility index (Phi) is 7.28. The van der Waals surface area contributed by atoms with E-state index in [2.05, 4.69) is 112 Å². The third-order valence-electron chi connectivity index (χ3n) is 6.94. The van der Waals surface area contributed by atoms with Crippen LogP contribution in [-0.4, -0.2) is 14.8 Å². The summed E-state index contributed by atoms with van der Waals surface area (Å²) in [7, 11) is 0. The first-order valence-corrected chi connectivity index (χ1v) is 13.2. The maximum atomic E-state index is 4.55. The Morgan fingerprint density at radius 2 is 1.67 bits per heavy atom. The topological polar surface area (TPSA) is 30.7 Å². The zero-order valence-electron chi connectivity index (χ0n) is 22.3. The van der Waals surface area contributed by atoms with Crippen LogP contribution in [0.3, 0.4) is 0 Å². The molecule has 0 radical (unpaired) electrons. The summed E-state index contributed by atoms with van der Waals surface area (Å²) in [6.07, 6.45) is 2.80. The highest BCUT2D eigenvalue weighted by Crippen LogP contribution is 2.40. The van der Waals surface area contributed by atoms with Crippen LogP contribution in [-0.2, 0) is 0 Å². The van der Waals surface area contributed by atoms with Gasteiger partial charge in [-0.1, -0.05) is 74.2 Å². The Balaban J connectivity index is 1.73. The van der Waals surface area contributed by atoms with Crippen molar-refractivity contribution in [3.63, 3.8) is 0 Å². The van der Waals surface area contributed by atoms with E-state index in [1.807, 2.05) is 13.0 Å². The quantitative estimate of drug-likeness (QED) is 0.229. The number of aryl methyl sites for hydroxylation is 3. The number of hydrogen-bond acceptors (Lipinski definition) is 3. The van der Waals surface area contributed by atoms with E-state index in [9.17, 15) is 0 Å². The Morgan fingerprint density at radius 3 is 2.28 bits per heavy atom. The molecule has 2 aromatic heterocycles. The monoisotopic (exact) mass is 493 g/mol. The Hall–Kier alpha value is -3.50. The first-order valence-electron chi connectivity index (χ1n) is 12.3. The minimum Gasteiger partial charge on any atom is -0.273 e. The van der Waals surface area contributed by atoms with Crippen molar-refractivity contribution in [2.75, 3.05) is 0 Å². The third-order valence-corrected chi connectivity index (χ3v) is 8.13. The second-order valence-electron chi connectivity index (χ2n) is 9.70. The Labute approximate surface area is 219 Å². The van der Waals surface area contributed by atoms with Crippen molar-refractivity contribution in [3.05, 3.63) is 113 Å². The van der Waals surface area contributed by atoms with Gasteiger partial charge in [-0.15, -0.1) is 28.1 Å². The van der Waals surface area contributed by atoms with Gasteiger partial charge in [-0.2, -0.15) is 0 Å². The molecule has 0 bridgehead atoms. The molecule has 0 saturated heterocycles. The smallest absolute Gasteiger partial charge is 0.141 e. The minimum absolute atomic E-state index is 0.228. The molecule has 0 aliphatic rings. The number of rotatable bonds is 8. The zero-order chi connectivity index (χ0) is 26.1. The molecule has 184 valence electrons. The molecule has 1 atom stereocenters. The third kappa shape index (κ3) is 4.66. The molecule has 1 unspecified atom stereocenters. The molecular formula is C32H35N3S. The van der Waals surface area contributed by atoms with Gasteiger partial charge < -0.3 is 0 Å². The largest absolute Gasteiger partial charge is 0.273 e. The number of hydrogen-bond donors (Lipinski definition) is 0. The Bertz CT molecular complexity index is 1460. The maximum absolute atomic E-state index is 4.55. The molecule has 0 spiro atoms. The molecule has 4 rings (SSSR count). The van der Waals surface area contributed by atoms with E-state index < -0.39 is 0 Å². The standard InChI is InChI=1S/C32H35N3S/c1-10-11-20(4)31-34-33-25(9)35(31)32-30(22(6)24(8)36-32)23(7)26-12-14-27(15-13-26)28-16-17-29(19(2)3)21(5)18-28/h10,12-18,20H,1-2,7,11H2,3-6,8-9H3. The van der Waals surface area contributed by atoms with Gasteiger partial charge in [-0.25, -0.2) is 0 Å². The summed E-state index contributed by atoms with van der Waals surface area (Å²) in [6, 6.07) is 15.3. The first-order chi connectivity index (χ1) is 17.1. The fourth-order valence-corrected chi connectivity index (χ4v) is 6.00. The minimum atomic E-state index is 0.228. The van der Waals surface area contributed by atoms with Crippen molar-refractivity contribution >= 4 is 22.5 Å². The second-order valence-corrected chi connectivity index (χ2v) is 10.9. The number of benzene rings is 2. The molecule has 2 heterocycles. The summed E-state index contributed by atoms with van der Waals surface area (Å²) < 4.78 is 2.21. The summed E-state index contributed by atoms with van der Waals surface area (Å²) >= 11 is 1.78. The van der Waals surface area contributed by atoms with Crippen LogP contribution < -0.4 is 0 Å². The van der Waals surface area contributed by atoms with Crippen molar-refractivity contribution in [3.8, 4) is 16.1 Å². The van der Waals surface area contributed by atoms with E-state index in [-0.39, 0.29) is 5.92 Å². The predicted molar refractivity (Wildman–Crippen MR) is 156 cm³/mol. The lowest BCUT2D eigenvalue weighted by molar-refractivity contribution is 0.693. The fourth-order valence-electron chi connectivity index (χ4n) is 4.76. The van der Waals surface area contributed by atoms with Crippen LogP contribution in [0.4, 0.5) is 0 Å². The summed E-state index contributed by atoms with van der Waals surface area (Å²) in [5.41, 5.74) is 10.5. The molecule has 36 heavy (non-hydrogen) atoms. The maximum Gasteiger partial charge on any atom is 0.141 e. The van der Waals surface area contributed by atoms with Gasteiger partial charge in [0.15, 0.2) is 0 Å². The summed E-state index contributed by atoms with van der Waals surface area (Å²) in [5.74, 6) is 2.08. The van der Waals surface area contributed by atoms with E-state index in [1.165, 1.54) is 38.3 Å². The van der Waals surface area contributed by atoms with Crippen molar-refractivity contribution in [1.29, 1.82) is 0 Å². The van der Waals surface area contributed by atoms with Gasteiger partial charge >= 0.3 is 0 Å². The zero-order valence-corrected chi connectivity index (χ0v) is 23.1. The predicted octanol–water partition coefficient (Wildman–Crippen LogP) is 9.00. The summed E-state index contributed by atoms with van der Waals surface area (Å²) in [5, 5.41) is 10.1. The van der Waals surface area contributed by atoms with Crippen molar-refractivity contribution in [2.24, 2.45) is 0 Å². The van der Waals surface area contributed by atoms with Crippen LogP contribution in [0, 0.1) is 27.7 Å². The number of thiophene rings is 1. The van der Waals surface area contributed by atoms with Gasteiger partial charge in [-0.05, 0) is 80.0 Å². The van der Waals surface area contributed by atoms with Gasteiger partial charge in [-0.3, -0.25) is 4.57 Å². The molecule has 0 fully saturated rings. The Morgan fingerprint density at radius 1 is 1.00 bits per heavy atom. The summed E-state index contributed by atoms with van der Waals surface area (Å²) in [4.78, 5) is 1.28. The molecule has 0 amide bonds. The molecule has 0 N–H and O–H groups in total. The molecule has 0 aliphatic carbocycles. The van der Waals surface area contributed by atoms with E-state index in [4.69, 9.17) is 0 Å². The van der Waals surface area contributed by atoms with Crippen LogP contribution >= 0.6 is 11.3 Å². The van der Waals surface area contributed by atoms with Crippen LogP contribution in [0.1, 0.15) is 70.5 Å². The number of nitrogens with zero attached hydrogens (tertiary/aromatic N) is 3. The average molecular weight is 494 g/mol. The van der Waals surface area contributed by atoms with E-state index >= 15 is 0 Å². The highest BCUT2D eigenvalue weighted by atomic mass is 32.1. The van der Waals surface area contributed by atoms with Gasteiger partial charge in [0.05, 0.1) is 0 Å². The average Bonchev–Trinajstić information content (AvgIpc) is 3.37. The van der Waals surface area contributed by atoms with Crippen LogP contribution in [0.5, 0.6) is 0 Å². The van der Waals surface area contributed by atoms with Crippen LogP contribution in [0.25, 0.3) is 27.3 Å². The normalized spacial score (nSPS) is 11.9. The van der Waals surface area contributed by atoms with Gasteiger partial charge in [0.25, 0.3) is 0 Å². The van der Waals surface area contributed by atoms with E-state index in [1.54, 1.807) is 11.3 Å². The number of aromatic nitrogens is 3. The molecule has 2 aromatic carbocycles. The second kappa shape index (κ2) is 10.2. The van der Waals surface area contributed by atoms with Gasteiger partial charge in [0, 0.05) is 16.4 Å². The molecule has 0 saturated carbocycles. The highest BCUT2D eigenvalue weighted by Gasteiger charge is 2.24. The van der Waals surface area contributed by atoms with Gasteiger partial charge in [0.2, 0.25) is 0 Å². The van der Waals surface area contributed by atoms with Crippen LogP contribution in [0.15, 0.2) is 68.3 Å². The lowest BCUT2D eigenvalue weighted by Gasteiger charge is -2.16. The molecule has 0 aliphatic heterocycles. The molecule has 4 aromatic rings. The molecule has 4 heteroatoms. The SMILES string of the molecule is C=CCC(C)c1nnc(C)n1-c1sc(C)c(C)c1C(=C)c1ccc(-c2ccc(C(=C)C)c(C)c2)cc1. The van der Waals surface area contributed by atoms with E-state index in [0.717, 1.165) is 39.8 Å². The van der Waals surface area contributed by atoms with Crippen molar-refractivity contribution < 1.29 is 0 Å². The summed E-state index contributed by atoms with van der Waals surface area (Å²) in [6.45, 7) is 25.3. The first kappa shape index (κ1) is 25.6. The van der Waals surface area contributed by atoms with Crippen LogP contribution in [0.2, 0.25) is 0 Å². The fraction of sp³-hybridized carbons (Fsp3) is 0.250. The molecular weight excluding hydrogens is 458 g/mol. The lowest BCUT2D eigenvalue weighted by Crippen LogP contribution is -2.07. The van der Waals surface area contributed by atoms with Crippen molar-refractivity contribution in [1.82, 2.24) is 14.8 Å². The number of allylic oxidation sites excluding steroid dienone is 2. The highest BCUT2D eigenvalue weighted by molar-refractivity contribution is 7.15. The molecule has 3 nitrogen and oxygen atoms in total. The lowest BCUT2D eigenvalue weighted by atomic mass is 9.93. The van der Waals surface area contributed by atoms with E-state index in [0.29, 0.717) is 0 Å². The van der Waals surface area contributed by atoms with Crippen molar-refractivity contribution in [2.45, 2.75) is 53.9 Å². The van der Waals surface area contributed by atoms with Gasteiger partial charge in [0.1, 0.15) is 16.6 Å².